The molecule has 0 saturated carbocycles. The van der Waals surface area contributed by atoms with Gasteiger partial charge < -0.3 is 4.57 Å². The Bertz CT molecular complexity index is 602. The van der Waals surface area contributed by atoms with Crippen LogP contribution in [-0.4, -0.2) is 4.57 Å². The zero-order chi connectivity index (χ0) is 12.0. The highest BCUT2D eigenvalue weighted by molar-refractivity contribution is 5.90. The van der Waals surface area contributed by atoms with Crippen molar-refractivity contribution >= 4 is 17.0 Å². The Balaban J connectivity index is 2.44. The minimum atomic E-state index is 0.645. The normalized spacial score (nSPS) is 18.6. The second-order valence-corrected chi connectivity index (χ2v) is 5.10. The van der Waals surface area contributed by atoms with E-state index in [0.29, 0.717) is 5.92 Å². The van der Waals surface area contributed by atoms with Gasteiger partial charge in [0.1, 0.15) is 0 Å². The maximum Gasteiger partial charge on any atom is 0.0488 e. The largest absolute Gasteiger partial charge is 0.341 e. The molecule has 0 spiro atoms. The fourth-order valence-electron chi connectivity index (χ4n) is 3.05. The molecule has 3 rings (SSSR count). The van der Waals surface area contributed by atoms with E-state index >= 15 is 0 Å². The first-order valence-electron chi connectivity index (χ1n) is 6.51. The lowest BCUT2D eigenvalue weighted by Crippen LogP contribution is -2.02. The molecular weight excluding hydrogens is 206 g/mol. The number of fused-ring (bicyclic) bond motifs is 3. The Kier molecular flexibility index (Phi) is 2.36. The van der Waals surface area contributed by atoms with Crippen molar-refractivity contribution in [2.75, 3.05) is 0 Å². The van der Waals surface area contributed by atoms with Crippen LogP contribution in [0.25, 0.3) is 17.0 Å². The van der Waals surface area contributed by atoms with Crippen molar-refractivity contribution in [1.29, 1.82) is 0 Å². The molecule has 1 unspecified atom stereocenters. The smallest absolute Gasteiger partial charge is 0.0488 e. The highest BCUT2D eigenvalue weighted by Crippen LogP contribution is 2.38. The van der Waals surface area contributed by atoms with Crippen molar-refractivity contribution in [3.63, 3.8) is 0 Å². The van der Waals surface area contributed by atoms with E-state index in [1.165, 1.54) is 28.6 Å². The first-order chi connectivity index (χ1) is 8.22. The van der Waals surface area contributed by atoms with E-state index in [9.17, 15) is 0 Å². The number of aryl methyl sites for hydroxylation is 2. The average Bonchev–Trinajstić information content (AvgIpc) is 2.63. The summed E-state index contributed by atoms with van der Waals surface area (Å²) in [4.78, 5) is 0. The summed E-state index contributed by atoms with van der Waals surface area (Å²) in [5, 5.41) is 1.46. The summed E-state index contributed by atoms with van der Waals surface area (Å²) in [6, 6.07) is 6.83. The maximum atomic E-state index is 2.44. The molecule has 0 saturated heterocycles. The number of allylic oxidation sites excluding steroid dienone is 1. The number of hydrogen-bond acceptors (Lipinski definition) is 0. The number of hydrogen-bond donors (Lipinski definition) is 0. The lowest BCUT2D eigenvalue weighted by atomic mass is 9.90. The van der Waals surface area contributed by atoms with Gasteiger partial charge >= 0.3 is 0 Å². The van der Waals surface area contributed by atoms with Crippen LogP contribution in [0.2, 0.25) is 0 Å². The minimum absolute atomic E-state index is 0.645. The summed E-state index contributed by atoms with van der Waals surface area (Å²) in [6.45, 7) is 7.79. The second kappa shape index (κ2) is 3.76. The van der Waals surface area contributed by atoms with E-state index in [-0.39, 0.29) is 0 Å². The standard InChI is InChI=1S/C16H19N/c1-4-17-14-9-8-11(2)10-13(14)16-12(3)6-5-7-15(16)17/h5,7-10,12H,4,6H2,1-3H3. The number of rotatable bonds is 1. The monoisotopic (exact) mass is 225 g/mol. The SMILES string of the molecule is CCn1c2c(c3cc(C)ccc31)C(C)CC=C2. The van der Waals surface area contributed by atoms with Crippen LogP contribution < -0.4 is 0 Å². The predicted octanol–water partition coefficient (Wildman–Crippen LogP) is 4.49. The molecule has 0 radical (unpaired) electrons. The zero-order valence-electron chi connectivity index (χ0n) is 10.8. The fraction of sp³-hybridized carbons (Fsp3) is 0.375. The van der Waals surface area contributed by atoms with Gasteiger partial charge in [-0.15, -0.1) is 0 Å². The summed E-state index contributed by atoms with van der Waals surface area (Å²) in [7, 11) is 0. The molecule has 88 valence electrons. The molecule has 2 aromatic rings. The Morgan fingerprint density at radius 3 is 2.94 bits per heavy atom. The molecule has 1 heteroatoms. The topological polar surface area (TPSA) is 4.93 Å². The maximum absolute atomic E-state index is 2.44. The second-order valence-electron chi connectivity index (χ2n) is 5.10. The van der Waals surface area contributed by atoms with Gasteiger partial charge in [-0.05, 0) is 50.0 Å². The highest BCUT2D eigenvalue weighted by atomic mass is 15.0. The van der Waals surface area contributed by atoms with E-state index in [1.54, 1.807) is 5.56 Å². The van der Waals surface area contributed by atoms with Crippen molar-refractivity contribution in [3.05, 3.63) is 41.1 Å². The van der Waals surface area contributed by atoms with Gasteiger partial charge in [0.2, 0.25) is 0 Å². The van der Waals surface area contributed by atoms with Gasteiger partial charge in [-0.25, -0.2) is 0 Å². The number of nitrogens with zero attached hydrogens (tertiary/aromatic N) is 1. The van der Waals surface area contributed by atoms with E-state index in [2.05, 4.69) is 55.7 Å². The average molecular weight is 225 g/mol. The van der Waals surface area contributed by atoms with E-state index in [1.807, 2.05) is 0 Å². The molecule has 0 bridgehead atoms. The lowest BCUT2D eigenvalue weighted by molar-refractivity contribution is 0.736. The quantitative estimate of drug-likeness (QED) is 0.674. The minimum Gasteiger partial charge on any atom is -0.341 e. The zero-order valence-corrected chi connectivity index (χ0v) is 10.8. The Hall–Kier alpha value is -1.50. The molecule has 1 heterocycles. The van der Waals surface area contributed by atoms with Crippen LogP contribution in [0, 0.1) is 6.92 Å². The molecule has 1 aromatic heterocycles. The summed E-state index contributed by atoms with van der Waals surface area (Å²) >= 11 is 0. The molecule has 1 aromatic carbocycles. The summed E-state index contributed by atoms with van der Waals surface area (Å²) in [5.74, 6) is 0.645. The fourth-order valence-corrected chi connectivity index (χ4v) is 3.05. The first kappa shape index (κ1) is 10.6. The van der Waals surface area contributed by atoms with Crippen molar-refractivity contribution in [2.24, 2.45) is 0 Å². The molecule has 1 aliphatic carbocycles. The third-order valence-corrected chi connectivity index (χ3v) is 3.87. The predicted molar refractivity (Wildman–Crippen MR) is 74.4 cm³/mol. The molecular formula is C16H19N. The van der Waals surface area contributed by atoms with Crippen LogP contribution in [0.3, 0.4) is 0 Å². The van der Waals surface area contributed by atoms with E-state index < -0.39 is 0 Å². The molecule has 1 nitrogen and oxygen atoms in total. The summed E-state index contributed by atoms with van der Waals surface area (Å²) in [5.41, 5.74) is 5.72. The summed E-state index contributed by atoms with van der Waals surface area (Å²) in [6.07, 6.45) is 5.78. The van der Waals surface area contributed by atoms with Crippen LogP contribution in [0.1, 0.15) is 43.0 Å². The van der Waals surface area contributed by atoms with E-state index in [0.717, 1.165) is 6.54 Å². The highest BCUT2D eigenvalue weighted by Gasteiger charge is 2.21. The van der Waals surface area contributed by atoms with Crippen LogP contribution in [0.5, 0.6) is 0 Å². The first-order valence-corrected chi connectivity index (χ1v) is 6.51. The van der Waals surface area contributed by atoms with Gasteiger partial charge in [0.05, 0.1) is 0 Å². The van der Waals surface area contributed by atoms with Crippen LogP contribution >= 0.6 is 0 Å². The Morgan fingerprint density at radius 1 is 1.35 bits per heavy atom. The van der Waals surface area contributed by atoms with Crippen molar-refractivity contribution < 1.29 is 0 Å². The molecule has 1 atom stereocenters. The van der Waals surface area contributed by atoms with Gasteiger partial charge in [0.15, 0.2) is 0 Å². The molecule has 1 aliphatic rings. The Morgan fingerprint density at radius 2 is 2.18 bits per heavy atom. The third kappa shape index (κ3) is 1.45. The molecule has 0 aliphatic heterocycles. The molecule has 17 heavy (non-hydrogen) atoms. The van der Waals surface area contributed by atoms with Crippen molar-refractivity contribution in [2.45, 2.75) is 39.7 Å². The van der Waals surface area contributed by atoms with Crippen molar-refractivity contribution in [3.8, 4) is 0 Å². The molecule has 0 fully saturated rings. The van der Waals surface area contributed by atoms with Crippen LogP contribution in [0.4, 0.5) is 0 Å². The van der Waals surface area contributed by atoms with Gasteiger partial charge in [-0.1, -0.05) is 24.6 Å². The van der Waals surface area contributed by atoms with Crippen molar-refractivity contribution in [1.82, 2.24) is 4.57 Å². The molecule has 0 N–H and O–H groups in total. The van der Waals surface area contributed by atoms with Gasteiger partial charge in [0.25, 0.3) is 0 Å². The van der Waals surface area contributed by atoms with Crippen LogP contribution in [-0.2, 0) is 6.54 Å². The number of aromatic nitrogens is 1. The molecule has 0 amide bonds. The lowest BCUT2D eigenvalue weighted by Gasteiger charge is -2.15. The van der Waals surface area contributed by atoms with Crippen LogP contribution in [0.15, 0.2) is 24.3 Å². The summed E-state index contributed by atoms with van der Waals surface area (Å²) < 4.78 is 2.44. The number of benzene rings is 1. The van der Waals surface area contributed by atoms with Gasteiger partial charge in [-0.2, -0.15) is 0 Å². The van der Waals surface area contributed by atoms with E-state index in [4.69, 9.17) is 0 Å². The third-order valence-electron chi connectivity index (χ3n) is 3.87. The Labute approximate surface area is 103 Å². The van der Waals surface area contributed by atoms with Gasteiger partial charge in [-0.3, -0.25) is 0 Å². The van der Waals surface area contributed by atoms with Gasteiger partial charge in [0, 0.05) is 23.1 Å².